The average Bonchev–Trinajstić information content (AvgIpc) is 2.35. The van der Waals surface area contributed by atoms with Gasteiger partial charge in [-0.15, -0.1) is 0 Å². The monoisotopic (exact) mass is 239 g/mol. The summed E-state index contributed by atoms with van der Waals surface area (Å²) in [6.07, 6.45) is 3.18. The molecule has 1 aromatic carbocycles. The standard InChI is InChI=1S/C13H21NO3/c1-15-8-4-3-5-9-17-12-7-6-11(14)10-13(12)16-2/h6-7,10H,3-5,8-9,14H2,1-2H3. The Hall–Kier alpha value is -1.42. The number of anilines is 1. The fourth-order valence-electron chi connectivity index (χ4n) is 1.51. The van der Waals surface area contributed by atoms with Gasteiger partial charge in [-0.05, 0) is 31.4 Å². The maximum atomic E-state index is 5.66. The highest BCUT2D eigenvalue weighted by Crippen LogP contribution is 2.29. The van der Waals surface area contributed by atoms with Gasteiger partial charge < -0.3 is 19.9 Å². The van der Waals surface area contributed by atoms with Crippen molar-refractivity contribution in [2.75, 3.05) is 33.2 Å². The van der Waals surface area contributed by atoms with Gasteiger partial charge in [-0.1, -0.05) is 0 Å². The van der Waals surface area contributed by atoms with Crippen LogP contribution >= 0.6 is 0 Å². The summed E-state index contributed by atoms with van der Waals surface area (Å²) in [5, 5.41) is 0. The predicted molar refractivity (Wildman–Crippen MR) is 68.6 cm³/mol. The van der Waals surface area contributed by atoms with Crippen LogP contribution in [-0.2, 0) is 4.74 Å². The highest BCUT2D eigenvalue weighted by molar-refractivity contribution is 5.51. The minimum Gasteiger partial charge on any atom is -0.493 e. The van der Waals surface area contributed by atoms with Crippen LogP contribution in [0, 0.1) is 0 Å². The maximum absolute atomic E-state index is 5.66. The molecular weight excluding hydrogens is 218 g/mol. The summed E-state index contributed by atoms with van der Waals surface area (Å²) in [5.41, 5.74) is 6.34. The third-order valence-electron chi connectivity index (χ3n) is 2.44. The number of nitrogens with two attached hydrogens (primary N) is 1. The molecule has 1 aromatic rings. The lowest BCUT2D eigenvalue weighted by Crippen LogP contribution is -2.00. The summed E-state index contributed by atoms with van der Waals surface area (Å²) in [5.74, 6) is 1.43. The van der Waals surface area contributed by atoms with Crippen LogP contribution in [0.2, 0.25) is 0 Å². The van der Waals surface area contributed by atoms with Crippen molar-refractivity contribution in [3.05, 3.63) is 18.2 Å². The summed E-state index contributed by atoms with van der Waals surface area (Å²) >= 11 is 0. The zero-order valence-electron chi connectivity index (χ0n) is 10.6. The van der Waals surface area contributed by atoms with Gasteiger partial charge >= 0.3 is 0 Å². The van der Waals surface area contributed by atoms with Crippen molar-refractivity contribution in [3.8, 4) is 11.5 Å². The van der Waals surface area contributed by atoms with Crippen LogP contribution in [0.5, 0.6) is 11.5 Å². The van der Waals surface area contributed by atoms with Gasteiger partial charge in [0.25, 0.3) is 0 Å². The first-order valence-electron chi connectivity index (χ1n) is 5.83. The molecule has 0 spiro atoms. The third kappa shape index (κ3) is 4.95. The third-order valence-corrected chi connectivity index (χ3v) is 2.44. The van der Waals surface area contributed by atoms with E-state index < -0.39 is 0 Å². The normalized spacial score (nSPS) is 10.2. The molecule has 0 aromatic heterocycles. The highest BCUT2D eigenvalue weighted by atomic mass is 16.5. The van der Waals surface area contributed by atoms with Gasteiger partial charge in [0, 0.05) is 25.5 Å². The van der Waals surface area contributed by atoms with Crippen molar-refractivity contribution in [2.45, 2.75) is 19.3 Å². The van der Waals surface area contributed by atoms with Crippen molar-refractivity contribution in [2.24, 2.45) is 0 Å². The number of benzene rings is 1. The Bertz CT molecular complexity index is 328. The number of methoxy groups -OCH3 is 2. The van der Waals surface area contributed by atoms with E-state index in [4.69, 9.17) is 19.9 Å². The first-order chi connectivity index (χ1) is 8.27. The molecule has 0 aliphatic heterocycles. The zero-order valence-corrected chi connectivity index (χ0v) is 10.6. The number of hydrogen-bond acceptors (Lipinski definition) is 4. The van der Waals surface area contributed by atoms with Crippen LogP contribution in [0.25, 0.3) is 0 Å². The number of rotatable bonds is 8. The molecule has 0 aliphatic rings. The molecular formula is C13H21NO3. The van der Waals surface area contributed by atoms with E-state index in [0.29, 0.717) is 18.0 Å². The van der Waals surface area contributed by atoms with Crippen molar-refractivity contribution in [3.63, 3.8) is 0 Å². The summed E-state index contributed by atoms with van der Waals surface area (Å²) in [6.45, 7) is 1.50. The predicted octanol–water partition coefficient (Wildman–Crippen LogP) is 2.47. The Balaban J connectivity index is 2.31. The molecule has 0 heterocycles. The first kappa shape index (κ1) is 13.6. The molecule has 0 atom stereocenters. The maximum Gasteiger partial charge on any atom is 0.162 e. The minimum atomic E-state index is 0.675. The molecule has 0 bridgehead atoms. The average molecular weight is 239 g/mol. The van der Waals surface area contributed by atoms with E-state index in [1.54, 1.807) is 20.3 Å². The van der Waals surface area contributed by atoms with Crippen LogP contribution in [0.15, 0.2) is 18.2 Å². The van der Waals surface area contributed by atoms with Crippen molar-refractivity contribution >= 4 is 5.69 Å². The van der Waals surface area contributed by atoms with Crippen molar-refractivity contribution in [1.82, 2.24) is 0 Å². The van der Waals surface area contributed by atoms with Gasteiger partial charge in [-0.2, -0.15) is 0 Å². The summed E-state index contributed by atoms with van der Waals surface area (Å²) in [7, 11) is 3.33. The van der Waals surface area contributed by atoms with Gasteiger partial charge in [0.2, 0.25) is 0 Å². The number of unbranched alkanes of at least 4 members (excludes halogenated alkanes) is 2. The Morgan fingerprint density at radius 2 is 1.76 bits per heavy atom. The molecule has 0 aliphatic carbocycles. The van der Waals surface area contributed by atoms with Crippen molar-refractivity contribution < 1.29 is 14.2 Å². The zero-order chi connectivity index (χ0) is 12.5. The number of ether oxygens (including phenoxy) is 3. The second-order valence-electron chi connectivity index (χ2n) is 3.81. The van der Waals surface area contributed by atoms with Crippen LogP contribution in [-0.4, -0.2) is 27.4 Å². The fourth-order valence-corrected chi connectivity index (χ4v) is 1.51. The smallest absolute Gasteiger partial charge is 0.162 e. The second kappa shape index (κ2) is 7.79. The molecule has 0 saturated carbocycles. The van der Waals surface area contributed by atoms with E-state index in [9.17, 15) is 0 Å². The van der Waals surface area contributed by atoms with Gasteiger partial charge in [0.05, 0.1) is 13.7 Å². The molecule has 4 nitrogen and oxygen atoms in total. The summed E-state index contributed by atoms with van der Waals surface area (Å²) in [4.78, 5) is 0. The fraction of sp³-hybridized carbons (Fsp3) is 0.538. The van der Waals surface area contributed by atoms with Crippen LogP contribution in [0.1, 0.15) is 19.3 Å². The van der Waals surface area contributed by atoms with E-state index in [1.807, 2.05) is 12.1 Å². The van der Waals surface area contributed by atoms with Gasteiger partial charge in [0.1, 0.15) is 0 Å². The summed E-state index contributed by atoms with van der Waals surface area (Å²) < 4.78 is 15.8. The minimum absolute atomic E-state index is 0.675. The van der Waals surface area contributed by atoms with E-state index >= 15 is 0 Å². The Morgan fingerprint density at radius 1 is 1.00 bits per heavy atom. The lowest BCUT2D eigenvalue weighted by molar-refractivity contribution is 0.189. The van der Waals surface area contributed by atoms with E-state index in [1.165, 1.54) is 0 Å². The number of nitrogen functional groups attached to an aromatic ring is 1. The first-order valence-corrected chi connectivity index (χ1v) is 5.83. The van der Waals surface area contributed by atoms with Gasteiger partial charge in [-0.3, -0.25) is 0 Å². The van der Waals surface area contributed by atoms with Gasteiger partial charge in [-0.25, -0.2) is 0 Å². The molecule has 1 rings (SSSR count). The van der Waals surface area contributed by atoms with E-state index in [0.717, 1.165) is 31.6 Å². The Morgan fingerprint density at radius 3 is 2.47 bits per heavy atom. The molecule has 17 heavy (non-hydrogen) atoms. The molecule has 0 radical (unpaired) electrons. The van der Waals surface area contributed by atoms with Crippen molar-refractivity contribution in [1.29, 1.82) is 0 Å². The topological polar surface area (TPSA) is 53.7 Å². The Kier molecular flexibility index (Phi) is 6.25. The second-order valence-corrected chi connectivity index (χ2v) is 3.81. The van der Waals surface area contributed by atoms with E-state index in [-0.39, 0.29) is 0 Å². The largest absolute Gasteiger partial charge is 0.493 e. The van der Waals surface area contributed by atoms with Crippen LogP contribution < -0.4 is 15.2 Å². The quantitative estimate of drug-likeness (QED) is 0.559. The Labute approximate surface area is 103 Å². The van der Waals surface area contributed by atoms with Crippen LogP contribution in [0.4, 0.5) is 5.69 Å². The number of hydrogen-bond donors (Lipinski definition) is 1. The highest BCUT2D eigenvalue weighted by Gasteiger charge is 2.03. The van der Waals surface area contributed by atoms with Gasteiger partial charge in [0.15, 0.2) is 11.5 Å². The molecule has 0 fully saturated rings. The molecule has 2 N–H and O–H groups in total. The van der Waals surface area contributed by atoms with E-state index in [2.05, 4.69) is 0 Å². The SMILES string of the molecule is COCCCCCOc1ccc(N)cc1OC. The molecule has 96 valence electrons. The molecule has 0 amide bonds. The molecule has 0 unspecified atom stereocenters. The lowest BCUT2D eigenvalue weighted by Gasteiger charge is -2.11. The molecule has 0 saturated heterocycles. The van der Waals surface area contributed by atoms with Crippen LogP contribution in [0.3, 0.4) is 0 Å². The molecule has 4 heteroatoms. The lowest BCUT2D eigenvalue weighted by atomic mass is 10.2. The summed E-state index contributed by atoms with van der Waals surface area (Å²) in [6, 6.07) is 5.41.